The molecule has 1 aromatic rings. The number of nitrogens with one attached hydrogen (secondary N) is 1. The van der Waals surface area contributed by atoms with E-state index in [-0.39, 0.29) is 11.8 Å². The van der Waals surface area contributed by atoms with E-state index >= 15 is 0 Å². The fourth-order valence-electron chi connectivity index (χ4n) is 2.23. The maximum Gasteiger partial charge on any atom is 0.249 e. The quantitative estimate of drug-likeness (QED) is 0.903. The molecule has 0 saturated carbocycles. The lowest BCUT2D eigenvalue weighted by molar-refractivity contribution is -0.125. The molecule has 1 aliphatic rings. The first-order valence-electron chi connectivity index (χ1n) is 6.39. The molecule has 0 aromatic heterocycles. The molecule has 5 heteroatoms. The van der Waals surface area contributed by atoms with Crippen LogP contribution in [0.3, 0.4) is 0 Å². The van der Waals surface area contributed by atoms with Crippen molar-refractivity contribution >= 4 is 29.1 Å². The van der Waals surface area contributed by atoms with E-state index in [4.69, 9.17) is 11.6 Å². The molecule has 1 atom stereocenters. The highest BCUT2D eigenvalue weighted by Crippen LogP contribution is 2.26. The van der Waals surface area contributed by atoms with Crippen molar-refractivity contribution in [1.82, 2.24) is 5.32 Å². The number of amides is 2. The van der Waals surface area contributed by atoms with Gasteiger partial charge in [-0.2, -0.15) is 0 Å². The molecule has 1 heterocycles. The third-order valence-corrected chi connectivity index (χ3v) is 3.57. The van der Waals surface area contributed by atoms with Gasteiger partial charge in [0.1, 0.15) is 6.04 Å². The number of nitrogens with zero attached hydrogens (tertiary/aromatic N) is 1. The highest BCUT2D eigenvalue weighted by molar-refractivity contribution is 6.31. The van der Waals surface area contributed by atoms with Gasteiger partial charge in [-0.3, -0.25) is 9.59 Å². The van der Waals surface area contributed by atoms with Crippen molar-refractivity contribution in [1.29, 1.82) is 0 Å². The lowest BCUT2D eigenvalue weighted by Gasteiger charge is -2.25. The van der Waals surface area contributed by atoms with Gasteiger partial charge in [0.2, 0.25) is 11.8 Å². The monoisotopic (exact) mass is 280 g/mol. The molecule has 19 heavy (non-hydrogen) atoms. The predicted molar refractivity (Wildman–Crippen MR) is 75.4 cm³/mol. The first-order chi connectivity index (χ1) is 9.02. The number of anilines is 1. The summed E-state index contributed by atoms with van der Waals surface area (Å²) in [6.07, 6.45) is 0.898. The zero-order valence-corrected chi connectivity index (χ0v) is 11.8. The predicted octanol–water partition coefficient (Wildman–Crippen LogP) is 2.28. The number of halogens is 1. The highest BCUT2D eigenvalue weighted by atomic mass is 35.5. The summed E-state index contributed by atoms with van der Waals surface area (Å²) in [5.74, 6) is -0.152. The van der Waals surface area contributed by atoms with Crippen molar-refractivity contribution in [3.05, 3.63) is 28.8 Å². The smallest absolute Gasteiger partial charge is 0.249 e. The maximum atomic E-state index is 12.5. The van der Waals surface area contributed by atoms with Gasteiger partial charge in [-0.1, -0.05) is 24.6 Å². The minimum absolute atomic E-state index is 0.0706. The summed E-state index contributed by atoms with van der Waals surface area (Å²) in [6.45, 7) is 4.21. The number of hydrogen-bond donors (Lipinski definition) is 1. The molecule has 1 aromatic carbocycles. The molecule has 1 fully saturated rings. The van der Waals surface area contributed by atoms with Crippen LogP contribution in [-0.2, 0) is 9.59 Å². The van der Waals surface area contributed by atoms with Crippen LogP contribution in [0, 0.1) is 6.92 Å². The van der Waals surface area contributed by atoms with Crippen LogP contribution in [0.15, 0.2) is 18.2 Å². The van der Waals surface area contributed by atoms with Crippen LogP contribution in [0.1, 0.15) is 25.3 Å². The number of aryl methyl sites for hydroxylation is 1. The van der Waals surface area contributed by atoms with Gasteiger partial charge in [-0.25, -0.2) is 0 Å². The lowest BCUT2D eigenvalue weighted by Crippen LogP contribution is -2.44. The first-order valence-corrected chi connectivity index (χ1v) is 6.77. The second-order valence-electron chi connectivity index (χ2n) is 4.70. The van der Waals surface area contributed by atoms with Crippen LogP contribution in [0.4, 0.5) is 5.69 Å². The summed E-state index contributed by atoms with van der Waals surface area (Å²) >= 11 is 6.00. The van der Waals surface area contributed by atoms with E-state index in [2.05, 4.69) is 5.32 Å². The van der Waals surface area contributed by atoms with Gasteiger partial charge in [-0.05, 0) is 31.0 Å². The van der Waals surface area contributed by atoms with Crippen molar-refractivity contribution in [2.45, 2.75) is 32.7 Å². The van der Waals surface area contributed by atoms with Crippen LogP contribution in [0.5, 0.6) is 0 Å². The third kappa shape index (κ3) is 2.89. The Balaban J connectivity index is 2.38. The van der Waals surface area contributed by atoms with E-state index in [9.17, 15) is 9.59 Å². The third-order valence-electron chi connectivity index (χ3n) is 3.33. The molecule has 0 spiro atoms. The average Bonchev–Trinajstić information content (AvgIpc) is 2.52. The fourth-order valence-corrected chi connectivity index (χ4v) is 2.40. The van der Waals surface area contributed by atoms with Crippen molar-refractivity contribution in [3.8, 4) is 0 Å². The van der Waals surface area contributed by atoms with Gasteiger partial charge in [0, 0.05) is 23.7 Å². The zero-order chi connectivity index (χ0) is 14.0. The van der Waals surface area contributed by atoms with Crippen LogP contribution in [0.2, 0.25) is 5.02 Å². The molecule has 1 aliphatic heterocycles. The molecule has 1 unspecified atom stereocenters. The zero-order valence-electron chi connectivity index (χ0n) is 11.1. The van der Waals surface area contributed by atoms with E-state index < -0.39 is 6.04 Å². The fraction of sp³-hybridized carbons (Fsp3) is 0.429. The minimum Gasteiger partial charge on any atom is -0.344 e. The largest absolute Gasteiger partial charge is 0.344 e. The molecule has 4 nitrogen and oxygen atoms in total. The van der Waals surface area contributed by atoms with E-state index in [0.717, 1.165) is 11.3 Å². The molecular formula is C14H17ClN2O2. The topological polar surface area (TPSA) is 49.4 Å². The summed E-state index contributed by atoms with van der Waals surface area (Å²) in [6, 6.07) is 5.00. The standard InChI is InChI=1S/C14H17ClN2O2/c1-3-11-14(19)17(7-6-13(18)16-11)12-8-10(15)5-4-9(12)2/h4-5,8,11H,3,6-7H2,1-2H3,(H,16,18). The second-order valence-corrected chi connectivity index (χ2v) is 5.14. The van der Waals surface area contributed by atoms with E-state index in [1.165, 1.54) is 0 Å². The Morgan fingerprint density at radius 2 is 2.16 bits per heavy atom. The molecule has 2 amide bonds. The number of rotatable bonds is 2. The Morgan fingerprint density at radius 1 is 1.42 bits per heavy atom. The Bertz CT molecular complexity index is 516. The maximum absolute atomic E-state index is 12.5. The number of carbonyl (C=O) groups is 2. The molecule has 1 N–H and O–H groups in total. The van der Waals surface area contributed by atoms with E-state index in [0.29, 0.717) is 24.4 Å². The molecular weight excluding hydrogens is 264 g/mol. The summed E-state index contributed by atoms with van der Waals surface area (Å²) < 4.78 is 0. The molecule has 2 rings (SSSR count). The summed E-state index contributed by atoms with van der Waals surface area (Å²) in [5, 5.41) is 3.34. The van der Waals surface area contributed by atoms with Crippen molar-refractivity contribution in [3.63, 3.8) is 0 Å². The van der Waals surface area contributed by atoms with Crippen LogP contribution >= 0.6 is 11.6 Å². The number of carbonyl (C=O) groups excluding carboxylic acids is 2. The minimum atomic E-state index is -0.451. The molecule has 0 radical (unpaired) electrons. The van der Waals surface area contributed by atoms with E-state index in [1.807, 2.05) is 19.9 Å². The van der Waals surface area contributed by atoms with Crippen molar-refractivity contribution in [2.24, 2.45) is 0 Å². The van der Waals surface area contributed by atoms with E-state index in [1.54, 1.807) is 17.0 Å². The van der Waals surface area contributed by atoms with Gasteiger partial charge in [0.15, 0.2) is 0 Å². The van der Waals surface area contributed by atoms with Crippen LogP contribution in [0.25, 0.3) is 0 Å². The van der Waals surface area contributed by atoms with Gasteiger partial charge in [0.05, 0.1) is 0 Å². The van der Waals surface area contributed by atoms with Crippen LogP contribution < -0.4 is 10.2 Å². The second kappa shape index (κ2) is 5.61. The SMILES string of the molecule is CCC1NC(=O)CCN(c2cc(Cl)ccc2C)C1=O. The van der Waals surface area contributed by atoms with Gasteiger partial charge in [-0.15, -0.1) is 0 Å². The normalized spacial score (nSPS) is 20.2. The van der Waals surface area contributed by atoms with Crippen molar-refractivity contribution < 1.29 is 9.59 Å². The molecule has 102 valence electrons. The Labute approximate surface area is 117 Å². The first kappa shape index (κ1) is 13.9. The molecule has 0 aliphatic carbocycles. The van der Waals surface area contributed by atoms with Crippen LogP contribution in [-0.4, -0.2) is 24.4 Å². The number of hydrogen-bond acceptors (Lipinski definition) is 2. The Morgan fingerprint density at radius 3 is 2.84 bits per heavy atom. The van der Waals surface area contributed by atoms with Gasteiger partial charge >= 0.3 is 0 Å². The Kier molecular flexibility index (Phi) is 4.10. The summed E-state index contributed by atoms with van der Waals surface area (Å²) in [5.41, 5.74) is 1.76. The molecule has 0 bridgehead atoms. The average molecular weight is 281 g/mol. The Hall–Kier alpha value is -1.55. The van der Waals surface area contributed by atoms with Gasteiger partial charge in [0.25, 0.3) is 0 Å². The summed E-state index contributed by atoms with van der Waals surface area (Å²) in [4.78, 5) is 25.7. The van der Waals surface area contributed by atoms with Crippen molar-refractivity contribution in [2.75, 3.05) is 11.4 Å². The lowest BCUT2D eigenvalue weighted by atomic mass is 10.1. The van der Waals surface area contributed by atoms with Gasteiger partial charge < -0.3 is 10.2 Å². The summed E-state index contributed by atoms with van der Waals surface area (Å²) in [7, 11) is 0. The number of benzene rings is 1. The molecule has 1 saturated heterocycles. The highest BCUT2D eigenvalue weighted by Gasteiger charge is 2.30.